The van der Waals surface area contributed by atoms with Crippen LogP contribution in [0.5, 0.6) is 0 Å². The van der Waals surface area contributed by atoms with Gasteiger partial charge in [-0.05, 0) is 43.3 Å². The number of benzene rings is 2. The number of nitrogens with zero attached hydrogens (tertiary/aromatic N) is 1. The van der Waals surface area contributed by atoms with Gasteiger partial charge >= 0.3 is 0 Å². The Balaban J connectivity index is 1.56. The van der Waals surface area contributed by atoms with Crippen LogP contribution >= 0.6 is 11.6 Å². The highest BCUT2D eigenvalue weighted by atomic mass is 35.5. The number of aryl methyl sites for hydroxylation is 1. The molecule has 0 saturated carbocycles. The summed E-state index contributed by atoms with van der Waals surface area (Å²) >= 11 is 5.80. The van der Waals surface area contributed by atoms with Gasteiger partial charge in [-0.1, -0.05) is 23.7 Å². The second kappa shape index (κ2) is 9.16. The molecule has 1 heterocycles. The molecule has 3 N–H and O–H groups in total. The predicted molar refractivity (Wildman–Crippen MR) is 112 cm³/mol. The van der Waals surface area contributed by atoms with Gasteiger partial charge < -0.3 is 15.6 Å². The SMILES string of the molecule is Cc1cc(=O)[nH]c(-c2cccc(NC(=O)CCNC(=O)c3ccc(Cl)cc3)c2)n1. The molecule has 0 aliphatic heterocycles. The van der Waals surface area contributed by atoms with Crippen molar-refractivity contribution in [2.45, 2.75) is 13.3 Å². The number of nitrogens with one attached hydrogen (secondary N) is 3. The molecule has 0 aliphatic carbocycles. The van der Waals surface area contributed by atoms with Crippen LogP contribution in [0.2, 0.25) is 5.02 Å². The highest BCUT2D eigenvalue weighted by Crippen LogP contribution is 2.19. The fourth-order valence-corrected chi connectivity index (χ4v) is 2.80. The van der Waals surface area contributed by atoms with E-state index < -0.39 is 0 Å². The topological polar surface area (TPSA) is 104 Å². The first-order chi connectivity index (χ1) is 13.9. The zero-order valence-electron chi connectivity index (χ0n) is 15.7. The first-order valence-corrected chi connectivity index (χ1v) is 9.30. The molecule has 3 rings (SSSR count). The fraction of sp³-hybridized carbons (Fsp3) is 0.143. The average Bonchev–Trinajstić information content (AvgIpc) is 2.68. The van der Waals surface area contributed by atoms with Gasteiger partial charge in [0, 0.05) is 46.6 Å². The van der Waals surface area contributed by atoms with E-state index >= 15 is 0 Å². The van der Waals surface area contributed by atoms with E-state index in [4.69, 9.17) is 11.6 Å². The molecular weight excluding hydrogens is 392 g/mol. The van der Waals surface area contributed by atoms with E-state index in [9.17, 15) is 14.4 Å². The van der Waals surface area contributed by atoms with Gasteiger partial charge in [0.25, 0.3) is 11.5 Å². The lowest BCUT2D eigenvalue weighted by atomic mass is 10.2. The lowest BCUT2D eigenvalue weighted by Gasteiger charge is -2.09. The molecule has 0 unspecified atom stereocenters. The van der Waals surface area contributed by atoms with Gasteiger partial charge in [0.15, 0.2) is 0 Å². The van der Waals surface area contributed by atoms with Crippen LogP contribution in [0.15, 0.2) is 59.4 Å². The maximum Gasteiger partial charge on any atom is 0.251 e. The van der Waals surface area contributed by atoms with Crippen molar-refractivity contribution in [1.82, 2.24) is 15.3 Å². The summed E-state index contributed by atoms with van der Waals surface area (Å²) in [5.74, 6) is -0.0866. The molecular formula is C21H19ClN4O3. The maximum absolute atomic E-state index is 12.2. The summed E-state index contributed by atoms with van der Waals surface area (Å²) in [7, 11) is 0. The number of carbonyl (C=O) groups is 2. The van der Waals surface area contributed by atoms with Crippen molar-refractivity contribution >= 4 is 29.1 Å². The minimum Gasteiger partial charge on any atom is -0.352 e. The van der Waals surface area contributed by atoms with Crippen LogP contribution in [0.4, 0.5) is 5.69 Å². The van der Waals surface area contributed by atoms with Crippen LogP contribution in [-0.4, -0.2) is 28.3 Å². The molecule has 2 aromatic carbocycles. The van der Waals surface area contributed by atoms with E-state index in [1.807, 2.05) is 0 Å². The van der Waals surface area contributed by atoms with Gasteiger partial charge in [-0.25, -0.2) is 4.98 Å². The normalized spacial score (nSPS) is 10.4. The molecule has 2 amide bonds. The molecule has 29 heavy (non-hydrogen) atoms. The van der Waals surface area contributed by atoms with E-state index in [-0.39, 0.29) is 30.3 Å². The minimum atomic E-state index is -0.272. The number of anilines is 1. The molecule has 0 aliphatic rings. The summed E-state index contributed by atoms with van der Waals surface area (Å²) in [5.41, 5.74) is 2.09. The standard InChI is InChI=1S/C21H19ClN4O3/c1-13-11-19(28)26-20(24-13)15-3-2-4-17(12-15)25-18(27)9-10-23-21(29)14-5-7-16(22)8-6-14/h2-8,11-12H,9-10H2,1H3,(H,23,29)(H,25,27)(H,24,26,28). The number of amides is 2. The Labute approximate surface area is 172 Å². The molecule has 7 nitrogen and oxygen atoms in total. The quantitative estimate of drug-likeness (QED) is 0.580. The molecule has 0 spiro atoms. The number of aromatic amines is 1. The van der Waals surface area contributed by atoms with Gasteiger partial charge in [0.1, 0.15) is 5.82 Å². The first-order valence-electron chi connectivity index (χ1n) is 8.93. The monoisotopic (exact) mass is 410 g/mol. The van der Waals surface area contributed by atoms with Gasteiger partial charge in [0.2, 0.25) is 5.91 Å². The van der Waals surface area contributed by atoms with Gasteiger partial charge in [-0.2, -0.15) is 0 Å². The Morgan fingerprint density at radius 2 is 1.86 bits per heavy atom. The third-order valence-electron chi connectivity index (χ3n) is 4.03. The number of H-pyrrole nitrogens is 1. The summed E-state index contributed by atoms with van der Waals surface area (Å²) in [6.07, 6.45) is 0.114. The second-order valence-electron chi connectivity index (χ2n) is 6.38. The molecule has 0 saturated heterocycles. The molecule has 0 radical (unpaired) electrons. The van der Waals surface area contributed by atoms with Gasteiger partial charge in [-0.3, -0.25) is 14.4 Å². The van der Waals surface area contributed by atoms with E-state index in [0.29, 0.717) is 33.4 Å². The van der Waals surface area contributed by atoms with Crippen LogP contribution < -0.4 is 16.2 Å². The molecule has 148 valence electrons. The summed E-state index contributed by atoms with van der Waals surface area (Å²) < 4.78 is 0. The molecule has 0 fully saturated rings. The molecule has 0 bridgehead atoms. The summed E-state index contributed by atoms with van der Waals surface area (Å²) in [5, 5.41) is 6.02. The molecule has 8 heteroatoms. The van der Waals surface area contributed by atoms with Crippen molar-refractivity contribution in [2.75, 3.05) is 11.9 Å². The highest BCUT2D eigenvalue weighted by Gasteiger charge is 2.08. The third kappa shape index (κ3) is 5.76. The van der Waals surface area contributed by atoms with Crippen LogP contribution in [0.1, 0.15) is 22.5 Å². The Kier molecular flexibility index (Phi) is 6.41. The van der Waals surface area contributed by atoms with E-state index in [1.54, 1.807) is 55.5 Å². The number of rotatable bonds is 6. The van der Waals surface area contributed by atoms with Crippen molar-refractivity contribution in [1.29, 1.82) is 0 Å². The smallest absolute Gasteiger partial charge is 0.251 e. The van der Waals surface area contributed by atoms with Crippen molar-refractivity contribution in [3.63, 3.8) is 0 Å². The van der Waals surface area contributed by atoms with Crippen LogP contribution in [0.25, 0.3) is 11.4 Å². The average molecular weight is 411 g/mol. The Bertz CT molecular complexity index is 1090. The van der Waals surface area contributed by atoms with Crippen molar-refractivity contribution in [2.24, 2.45) is 0 Å². The Hall–Kier alpha value is -3.45. The predicted octanol–water partition coefficient (Wildman–Crippen LogP) is 3.16. The first kappa shape index (κ1) is 20.3. The van der Waals surface area contributed by atoms with E-state index in [0.717, 1.165) is 0 Å². The number of carbonyl (C=O) groups excluding carboxylic acids is 2. The number of hydrogen-bond acceptors (Lipinski definition) is 4. The molecule has 1 aromatic heterocycles. The lowest BCUT2D eigenvalue weighted by Crippen LogP contribution is -2.27. The van der Waals surface area contributed by atoms with Crippen LogP contribution in [0.3, 0.4) is 0 Å². The summed E-state index contributed by atoms with van der Waals surface area (Å²) in [6.45, 7) is 1.93. The largest absolute Gasteiger partial charge is 0.352 e. The van der Waals surface area contributed by atoms with Crippen molar-refractivity contribution in [3.05, 3.63) is 81.2 Å². The van der Waals surface area contributed by atoms with Gasteiger partial charge in [-0.15, -0.1) is 0 Å². The molecule has 0 atom stereocenters. The number of aromatic nitrogens is 2. The maximum atomic E-state index is 12.2. The Morgan fingerprint density at radius 1 is 1.10 bits per heavy atom. The number of halogens is 1. The highest BCUT2D eigenvalue weighted by molar-refractivity contribution is 6.30. The number of hydrogen-bond donors (Lipinski definition) is 3. The van der Waals surface area contributed by atoms with Crippen LogP contribution in [0, 0.1) is 6.92 Å². The minimum absolute atomic E-state index is 0.114. The summed E-state index contributed by atoms with van der Waals surface area (Å²) in [6, 6.07) is 14.9. The summed E-state index contributed by atoms with van der Waals surface area (Å²) in [4.78, 5) is 42.8. The zero-order valence-corrected chi connectivity index (χ0v) is 16.4. The lowest BCUT2D eigenvalue weighted by molar-refractivity contribution is -0.116. The molecule has 3 aromatic rings. The van der Waals surface area contributed by atoms with Crippen molar-refractivity contribution in [3.8, 4) is 11.4 Å². The van der Waals surface area contributed by atoms with E-state index in [2.05, 4.69) is 20.6 Å². The van der Waals surface area contributed by atoms with Gasteiger partial charge in [0.05, 0.1) is 0 Å². The van der Waals surface area contributed by atoms with Crippen LogP contribution in [-0.2, 0) is 4.79 Å². The van der Waals surface area contributed by atoms with Crippen molar-refractivity contribution < 1.29 is 9.59 Å². The second-order valence-corrected chi connectivity index (χ2v) is 6.81. The zero-order chi connectivity index (χ0) is 20.8. The fourth-order valence-electron chi connectivity index (χ4n) is 2.68. The Morgan fingerprint density at radius 3 is 2.59 bits per heavy atom. The third-order valence-corrected chi connectivity index (χ3v) is 4.29. The van der Waals surface area contributed by atoms with E-state index in [1.165, 1.54) is 6.07 Å².